The number of carbonyl (C=O) groups is 1. The lowest BCUT2D eigenvalue weighted by molar-refractivity contribution is 0.0691. The molecule has 0 aliphatic rings. The number of nitrogens with one attached hydrogen (secondary N) is 1. The molecular weight excluding hydrogens is 238 g/mol. The smallest absolute Gasteiger partial charge is 0.352 e. The van der Waals surface area contributed by atoms with Gasteiger partial charge in [-0.3, -0.25) is 0 Å². The van der Waals surface area contributed by atoms with Gasteiger partial charge in [0.25, 0.3) is 0 Å². The molecule has 0 saturated carbocycles. The maximum Gasteiger partial charge on any atom is 0.352 e. The van der Waals surface area contributed by atoms with Crippen molar-refractivity contribution in [3.8, 4) is 5.75 Å². The summed E-state index contributed by atoms with van der Waals surface area (Å²) in [5, 5.41) is 9.92. The van der Waals surface area contributed by atoms with Crippen molar-refractivity contribution >= 4 is 37.6 Å². The van der Waals surface area contributed by atoms with Crippen LogP contribution in [0.1, 0.15) is 10.5 Å². The highest BCUT2D eigenvalue weighted by Crippen LogP contribution is 2.35. The summed E-state index contributed by atoms with van der Waals surface area (Å²) in [6.07, 6.45) is 0. The van der Waals surface area contributed by atoms with Gasteiger partial charge in [-0.2, -0.15) is 0 Å². The van der Waals surface area contributed by atoms with E-state index in [0.29, 0.717) is 0 Å². The molecule has 3 aromatic rings. The van der Waals surface area contributed by atoms with Crippen LogP contribution in [0.3, 0.4) is 0 Å². The van der Waals surface area contributed by atoms with E-state index in [9.17, 15) is 4.79 Å². The van der Waals surface area contributed by atoms with Gasteiger partial charge in [-0.1, -0.05) is 0 Å². The number of fused-ring (bicyclic) bond motifs is 3. The van der Waals surface area contributed by atoms with Crippen LogP contribution >= 0.6 is 11.3 Å². The number of thiophene rings is 1. The Morgan fingerprint density at radius 2 is 2.18 bits per heavy atom. The SMILES string of the molecule is COc1ccc2sc3cc(C(=O)O)[nH]c3c2c1. The van der Waals surface area contributed by atoms with Gasteiger partial charge in [-0.05, 0) is 24.3 Å². The summed E-state index contributed by atoms with van der Waals surface area (Å²) < 4.78 is 7.23. The highest BCUT2D eigenvalue weighted by molar-refractivity contribution is 7.25. The predicted octanol–water partition coefficient (Wildman–Crippen LogP) is 3.09. The summed E-state index contributed by atoms with van der Waals surface area (Å²) in [6.45, 7) is 0. The summed E-state index contributed by atoms with van der Waals surface area (Å²) in [4.78, 5) is 13.8. The number of carboxylic acid groups (broad SMARTS) is 1. The monoisotopic (exact) mass is 247 g/mol. The number of methoxy groups -OCH3 is 1. The second-order valence-corrected chi connectivity index (χ2v) is 4.78. The second kappa shape index (κ2) is 3.49. The topological polar surface area (TPSA) is 62.3 Å². The van der Waals surface area contributed by atoms with E-state index in [-0.39, 0.29) is 5.69 Å². The summed E-state index contributed by atoms with van der Waals surface area (Å²) in [5.74, 6) is -0.173. The molecule has 2 N–H and O–H groups in total. The van der Waals surface area contributed by atoms with Gasteiger partial charge in [-0.15, -0.1) is 11.3 Å². The Bertz CT molecular complexity index is 726. The third-order valence-corrected chi connectivity index (χ3v) is 3.81. The number of rotatable bonds is 2. The molecule has 0 aliphatic heterocycles. The summed E-state index contributed by atoms with van der Waals surface area (Å²) in [6, 6.07) is 7.45. The second-order valence-electron chi connectivity index (χ2n) is 3.69. The third-order valence-electron chi connectivity index (χ3n) is 2.69. The van der Waals surface area contributed by atoms with E-state index in [1.807, 2.05) is 18.2 Å². The van der Waals surface area contributed by atoms with Crippen molar-refractivity contribution in [3.63, 3.8) is 0 Å². The number of benzene rings is 1. The Morgan fingerprint density at radius 3 is 2.88 bits per heavy atom. The number of aromatic carboxylic acids is 1. The first-order valence-corrected chi connectivity index (χ1v) is 5.83. The largest absolute Gasteiger partial charge is 0.497 e. The number of ether oxygens (including phenoxy) is 1. The molecule has 0 radical (unpaired) electrons. The van der Waals surface area contributed by atoms with Crippen molar-refractivity contribution in [2.45, 2.75) is 0 Å². The van der Waals surface area contributed by atoms with Crippen LogP contribution in [0.2, 0.25) is 0 Å². The van der Waals surface area contributed by atoms with Crippen LogP contribution in [0.5, 0.6) is 5.75 Å². The number of aromatic nitrogens is 1. The molecule has 2 aromatic heterocycles. The number of aromatic amines is 1. The van der Waals surface area contributed by atoms with E-state index in [4.69, 9.17) is 9.84 Å². The van der Waals surface area contributed by atoms with Gasteiger partial charge in [0.15, 0.2) is 0 Å². The fraction of sp³-hybridized carbons (Fsp3) is 0.0833. The Morgan fingerprint density at radius 1 is 1.35 bits per heavy atom. The fourth-order valence-electron chi connectivity index (χ4n) is 1.87. The molecule has 0 atom stereocenters. The Hall–Kier alpha value is -2.01. The molecule has 3 rings (SSSR count). The number of H-pyrrole nitrogens is 1. The maximum atomic E-state index is 10.9. The molecule has 0 aliphatic carbocycles. The van der Waals surface area contributed by atoms with Crippen molar-refractivity contribution < 1.29 is 14.6 Å². The highest BCUT2D eigenvalue weighted by atomic mass is 32.1. The molecule has 1 aromatic carbocycles. The van der Waals surface area contributed by atoms with Crippen molar-refractivity contribution in [2.24, 2.45) is 0 Å². The Balaban J connectivity index is 2.33. The van der Waals surface area contributed by atoms with E-state index in [0.717, 1.165) is 26.1 Å². The summed E-state index contributed by atoms with van der Waals surface area (Å²) in [5.41, 5.74) is 1.08. The number of carboxylic acids is 1. The zero-order chi connectivity index (χ0) is 12.0. The minimum atomic E-state index is -0.940. The van der Waals surface area contributed by atoms with Crippen LogP contribution in [0.15, 0.2) is 24.3 Å². The van der Waals surface area contributed by atoms with E-state index in [1.165, 1.54) is 0 Å². The summed E-state index contributed by atoms with van der Waals surface area (Å²) >= 11 is 1.57. The lowest BCUT2D eigenvalue weighted by Gasteiger charge is -1.98. The molecule has 5 heteroatoms. The van der Waals surface area contributed by atoms with E-state index < -0.39 is 5.97 Å². The van der Waals surface area contributed by atoms with Crippen molar-refractivity contribution in [3.05, 3.63) is 30.0 Å². The minimum absolute atomic E-state index is 0.218. The average Bonchev–Trinajstić information content (AvgIpc) is 2.85. The molecule has 4 nitrogen and oxygen atoms in total. The molecule has 0 amide bonds. The Kier molecular flexibility index (Phi) is 2.09. The van der Waals surface area contributed by atoms with E-state index >= 15 is 0 Å². The predicted molar refractivity (Wildman–Crippen MR) is 67.2 cm³/mol. The molecule has 0 fully saturated rings. The molecule has 2 heterocycles. The maximum absolute atomic E-state index is 10.9. The molecule has 86 valence electrons. The van der Waals surface area contributed by atoms with Crippen LogP contribution in [0, 0.1) is 0 Å². The van der Waals surface area contributed by atoms with E-state index in [2.05, 4.69) is 4.98 Å². The van der Waals surface area contributed by atoms with Crippen molar-refractivity contribution in [2.75, 3.05) is 7.11 Å². The van der Waals surface area contributed by atoms with Crippen molar-refractivity contribution in [1.82, 2.24) is 4.98 Å². The van der Waals surface area contributed by atoms with Gasteiger partial charge in [0.05, 0.1) is 17.3 Å². The number of hydrogen-bond acceptors (Lipinski definition) is 3. The zero-order valence-corrected chi connectivity index (χ0v) is 9.80. The summed E-state index contributed by atoms with van der Waals surface area (Å²) in [7, 11) is 1.61. The first-order valence-electron chi connectivity index (χ1n) is 5.01. The van der Waals surface area contributed by atoms with Crippen molar-refractivity contribution in [1.29, 1.82) is 0 Å². The first-order chi connectivity index (χ1) is 8.19. The van der Waals surface area contributed by atoms with Gasteiger partial charge < -0.3 is 14.8 Å². The van der Waals surface area contributed by atoms with Crippen LogP contribution < -0.4 is 4.74 Å². The van der Waals surface area contributed by atoms with Crippen LogP contribution in [0.4, 0.5) is 0 Å². The van der Waals surface area contributed by atoms with Crippen LogP contribution in [-0.2, 0) is 0 Å². The van der Waals surface area contributed by atoms with Gasteiger partial charge >= 0.3 is 5.97 Å². The molecule has 0 bridgehead atoms. The minimum Gasteiger partial charge on any atom is -0.497 e. The van der Waals surface area contributed by atoms with E-state index in [1.54, 1.807) is 24.5 Å². The molecule has 0 saturated heterocycles. The van der Waals surface area contributed by atoms with Gasteiger partial charge in [-0.25, -0.2) is 4.79 Å². The van der Waals surface area contributed by atoms with Crippen LogP contribution in [0.25, 0.3) is 20.3 Å². The quantitative estimate of drug-likeness (QED) is 0.731. The number of hydrogen-bond donors (Lipinski definition) is 2. The lowest BCUT2D eigenvalue weighted by Crippen LogP contribution is -1.94. The molecule has 0 spiro atoms. The Labute approximate surface area is 100 Å². The third kappa shape index (κ3) is 1.47. The fourth-order valence-corrected chi connectivity index (χ4v) is 2.95. The highest BCUT2D eigenvalue weighted by Gasteiger charge is 2.12. The van der Waals surface area contributed by atoms with Gasteiger partial charge in [0.2, 0.25) is 0 Å². The lowest BCUT2D eigenvalue weighted by atomic mass is 10.2. The zero-order valence-electron chi connectivity index (χ0n) is 8.98. The first kappa shape index (κ1) is 10.2. The molecule has 0 unspecified atom stereocenters. The van der Waals surface area contributed by atoms with Gasteiger partial charge in [0, 0.05) is 10.1 Å². The molecular formula is C12H9NO3S. The molecule has 17 heavy (non-hydrogen) atoms. The van der Waals surface area contributed by atoms with Crippen LogP contribution in [-0.4, -0.2) is 23.2 Å². The average molecular weight is 247 g/mol. The standard InChI is InChI=1S/C12H9NO3S/c1-16-6-2-3-9-7(4-6)11-10(17-9)5-8(13-11)12(14)15/h2-5,13H,1H3,(H,14,15). The van der Waals surface area contributed by atoms with Gasteiger partial charge in [0.1, 0.15) is 11.4 Å². The normalized spacial score (nSPS) is 11.1.